The molecular weight excluding hydrogens is 733 g/mol. The molecule has 0 aliphatic heterocycles. The summed E-state index contributed by atoms with van der Waals surface area (Å²) < 4.78 is 0. The van der Waals surface area contributed by atoms with E-state index >= 15 is 0 Å². The van der Waals surface area contributed by atoms with E-state index in [9.17, 15) is 0 Å². The molecule has 0 saturated heterocycles. The predicted octanol–water partition coefficient (Wildman–Crippen LogP) is 21.4. The average Bonchev–Trinajstić information content (AvgIpc) is 3.39. The maximum atomic E-state index is 2.16. The first kappa shape index (κ1) is 77.0. The van der Waals surface area contributed by atoms with E-state index in [-0.39, 0.29) is 7.43 Å². The summed E-state index contributed by atoms with van der Waals surface area (Å²) in [6, 6.07) is 67.4. The molecule has 0 fully saturated rings. The fourth-order valence-corrected chi connectivity index (χ4v) is 3.30. The van der Waals surface area contributed by atoms with E-state index in [1.54, 1.807) is 0 Å². The van der Waals surface area contributed by atoms with Crippen molar-refractivity contribution in [3.63, 3.8) is 0 Å². The zero-order chi connectivity index (χ0) is 47.6. The molecule has 0 radical (unpaired) electrons. The summed E-state index contributed by atoms with van der Waals surface area (Å²) in [6.07, 6.45) is 5.92. The zero-order valence-corrected chi connectivity index (χ0v) is 43.1. The number of hydrogen-bond acceptors (Lipinski definition) is 0. The number of rotatable bonds is 3. The van der Waals surface area contributed by atoms with Crippen LogP contribution in [0.3, 0.4) is 0 Å². The standard InChI is InChI=1S/3C8H10.3C6H6.2C3H8.6C2H6.CH4/c3*1-2-8-6-4-3-5-7-8;3*1-2-4-6-5-3-1;2*1-3-2;6*1-2;/h3*3-7H,2H2,1H3;3*1-6H;2*3H2,1-2H3;6*1-2H3;1H4. The van der Waals surface area contributed by atoms with Crippen LogP contribution in [0.15, 0.2) is 200 Å². The molecule has 0 saturated carbocycles. The van der Waals surface area contributed by atoms with Crippen molar-refractivity contribution in [3.05, 3.63) is 217 Å². The first-order valence-corrected chi connectivity index (χ1v) is 23.7. The second-order valence-corrected chi connectivity index (χ2v) is 10.4. The molecule has 348 valence electrons. The minimum Gasteiger partial charge on any atom is -0.0776 e. The molecule has 6 aromatic carbocycles. The van der Waals surface area contributed by atoms with Crippen molar-refractivity contribution in [3.8, 4) is 0 Å². The Morgan fingerprint density at radius 1 is 0.197 bits per heavy atom. The van der Waals surface area contributed by atoms with Crippen molar-refractivity contribution >= 4 is 0 Å². The van der Waals surface area contributed by atoms with Crippen LogP contribution in [0.1, 0.15) is 169 Å². The Hall–Kier alpha value is -4.68. The van der Waals surface area contributed by atoms with Crippen molar-refractivity contribution in [2.45, 2.75) is 171 Å². The molecule has 0 heterocycles. The van der Waals surface area contributed by atoms with Crippen LogP contribution in [0, 0.1) is 0 Å². The fraction of sp³-hybridized carbons (Fsp3) is 0.410. The molecule has 61 heavy (non-hydrogen) atoms. The number of aryl methyl sites for hydroxylation is 3. The quantitative estimate of drug-likeness (QED) is 0.167. The molecule has 6 rings (SSSR count). The molecule has 0 unspecified atom stereocenters. The summed E-state index contributed by atoms with van der Waals surface area (Å²) in [5.41, 5.74) is 4.23. The summed E-state index contributed by atoms with van der Waals surface area (Å²) in [6.45, 7) is 39.0. The Kier molecular flexibility index (Phi) is 115. The third-order valence-corrected chi connectivity index (χ3v) is 5.75. The molecule has 0 N–H and O–H groups in total. The molecule has 0 atom stereocenters. The fourth-order valence-electron chi connectivity index (χ4n) is 3.30. The van der Waals surface area contributed by atoms with Crippen molar-refractivity contribution in [1.29, 1.82) is 0 Å². The van der Waals surface area contributed by atoms with Crippen molar-refractivity contribution < 1.29 is 0 Å². The van der Waals surface area contributed by atoms with Crippen LogP contribution in [0.4, 0.5) is 0 Å². The summed E-state index contributed by atoms with van der Waals surface area (Å²) in [5.74, 6) is 0. The second kappa shape index (κ2) is 91.1. The maximum Gasteiger partial charge on any atom is -0.0307 e. The van der Waals surface area contributed by atoms with Crippen LogP contribution in [-0.2, 0) is 19.3 Å². The molecule has 0 aliphatic carbocycles. The molecule has 0 heteroatoms. The Bertz CT molecular complexity index is 1050. The van der Waals surface area contributed by atoms with Gasteiger partial charge in [-0.1, -0.05) is 352 Å². The van der Waals surface area contributed by atoms with Crippen molar-refractivity contribution in [2.75, 3.05) is 0 Å². The van der Waals surface area contributed by atoms with Gasteiger partial charge in [0.15, 0.2) is 0 Å². The lowest BCUT2D eigenvalue weighted by atomic mass is 10.2. The minimum absolute atomic E-state index is 0. The van der Waals surface area contributed by atoms with Gasteiger partial charge in [0.1, 0.15) is 0 Å². The van der Waals surface area contributed by atoms with Crippen LogP contribution in [0.25, 0.3) is 0 Å². The van der Waals surface area contributed by atoms with Crippen LogP contribution < -0.4 is 0 Å². The highest BCUT2D eigenvalue weighted by Gasteiger charge is 1.81. The van der Waals surface area contributed by atoms with Gasteiger partial charge in [-0.3, -0.25) is 0 Å². The van der Waals surface area contributed by atoms with Gasteiger partial charge >= 0.3 is 0 Å². The van der Waals surface area contributed by atoms with Gasteiger partial charge < -0.3 is 0 Å². The first-order valence-electron chi connectivity index (χ1n) is 23.7. The summed E-state index contributed by atoms with van der Waals surface area (Å²) in [7, 11) is 0. The highest BCUT2D eigenvalue weighted by molar-refractivity contribution is 5.15. The van der Waals surface area contributed by atoms with Gasteiger partial charge in [-0.15, -0.1) is 0 Å². The van der Waals surface area contributed by atoms with E-state index in [1.807, 2.05) is 210 Å². The zero-order valence-electron chi connectivity index (χ0n) is 43.1. The van der Waals surface area contributed by atoms with Gasteiger partial charge in [0.2, 0.25) is 0 Å². The lowest BCUT2D eigenvalue weighted by Crippen LogP contribution is -1.73. The van der Waals surface area contributed by atoms with E-state index in [1.165, 1.54) is 29.5 Å². The molecule has 0 amide bonds. The van der Waals surface area contributed by atoms with Crippen LogP contribution >= 0.6 is 0 Å². The Morgan fingerprint density at radius 3 is 0.344 bits per heavy atom. The number of hydrogen-bond donors (Lipinski definition) is 0. The van der Waals surface area contributed by atoms with E-state index in [4.69, 9.17) is 0 Å². The average molecular weight is 838 g/mol. The second-order valence-electron chi connectivity index (χ2n) is 10.4. The number of benzene rings is 6. The molecule has 6 aromatic rings. The molecule has 0 nitrogen and oxygen atoms in total. The molecule has 0 spiro atoms. The van der Waals surface area contributed by atoms with E-state index in [2.05, 4.69) is 121 Å². The predicted molar refractivity (Wildman–Crippen MR) is 294 cm³/mol. The molecule has 0 aliphatic rings. The lowest BCUT2D eigenvalue weighted by Gasteiger charge is -1.89. The summed E-state index contributed by atoms with van der Waals surface area (Å²) in [4.78, 5) is 0. The lowest BCUT2D eigenvalue weighted by molar-refractivity contribution is 1.09. The highest BCUT2D eigenvalue weighted by Crippen LogP contribution is 1.98. The van der Waals surface area contributed by atoms with E-state index in [0.29, 0.717) is 0 Å². The van der Waals surface area contributed by atoms with Gasteiger partial charge in [0.25, 0.3) is 0 Å². The molecular formula is C61H104. The third kappa shape index (κ3) is 83.8. The van der Waals surface area contributed by atoms with Crippen molar-refractivity contribution in [1.82, 2.24) is 0 Å². The normalized spacial score (nSPS) is 7.13. The first-order chi connectivity index (χ1) is 29.6. The summed E-state index contributed by atoms with van der Waals surface area (Å²) in [5, 5.41) is 0. The van der Waals surface area contributed by atoms with Crippen LogP contribution in [-0.4, -0.2) is 0 Å². The van der Waals surface area contributed by atoms with Crippen molar-refractivity contribution in [2.24, 2.45) is 0 Å². The Labute approximate surface area is 386 Å². The minimum atomic E-state index is 0. The van der Waals surface area contributed by atoms with E-state index < -0.39 is 0 Å². The SMILES string of the molecule is C.CC.CC.CC.CC.CC.CC.CCC.CCC.CCc1ccccc1.CCc1ccccc1.CCc1ccccc1.c1ccccc1.c1ccccc1.c1ccccc1. The molecule has 0 aromatic heterocycles. The summed E-state index contributed by atoms with van der Waals surface area (Å²) >= 11 is 0. The van der Waals surface area contributed by atoms with Gasteiger partial charge in [-0.05, 0) is 36.0 Å². The largest absolute Gasteiger partial charge is 0.0776 e. The highest BCUT2D eigenvalue weighted by atomic mass is 13.9. The van der Waals surface area contributed by atoms with Gasteiger partial charge in [0.05, 0.1) is 0 Å². The Balaban J connectivity index is -0.0000000706. The van der Waals surface area contributed by atoms with Crippen LogP contribution in [0.5, 0.6) is 0 Å². The van der Waals surface area contributed by atoms with Gasteiger partial charge in [-0.2, -0.15) is 0 Å². The Morgan fingerprint density at radius 2 is 0.279 bits per heavy atom. The third-order valence-electron chi connectivity index (χ3n) is 5.75. The monoisotopic (exact) mass is 837 g/mol. The van der Waals surface area contributed by atoms with Gasteiger partial charge in [0, 0.05) is 0 Å². The van der Waals surface area contributed by atoms with E-state index in [0.717, 1.165) is 19.3 Å². The topological polar surface area (TPSA) is 0 Å². The van der Waals surface area contributed by atoms with Gasteiger partial charge in [-0.25, -0.2) is 0 Å². The smallest absolute Gasteiger partial charge is 0.0307 e. The maximum absolute atomic E-state index is 2.16. The molecule has 0 bridgehead atoms. The van der Waals surface area contributed by atoms with Crippen LogP contribution in [0.2, 0.25) is 0 Å².